The summed E-state index contributed by atoms with van der Waals surface area (Å²) in [7, 11) is -3.49. The lowest BCUT2D eigenvalue weighted by molar-refractivity contribution is -0.114. The first-order chi connectivity index (χ1) is 13.8. The third-order valence-corrected chi connectivity index (χ3v) is 7.19. The Balaban J connectivity index is 2.08. The molecule has 0 aromatic heterocycles. The van der Waals surface area contributed by atoms with Crippen LogP contribution in [0.2, 0.25) is 0 Å². The molecule has 1 aliphatic rings. The van der Waals surface area contributed by atoms with Gasteiger partial charge in [-0.1, -0.05) is 30.3 Å². The van der Waals surface area contributed by atoms with Crippen LogP contribution in [0.25, 0.3) is 11.1 Å². The molecule has 0 fully saturated rings. The second-order valence-corrected chi connectivity index (χ2v) is 9.36. The molecule has 0 saturated heterocycles. The highest BCUT2D eigenvalue weighted by Crippen LogP contribution is 2.35. The number of nitrogens with two attached hydrogens (primary N) is 1. The SMILES string of the molecule is CCS(=O)(=O)[N+]1(c2cccc(-c3ccc(NC(C)=O)cc3)c2)C=C(CN)C=CC1. The maximum atomic E-state index is 13.1. The normalized spacial score (nSPS) is 18.9. The van der Waals surface area contributed by atoms with Crippen LogP contribution in [0.1, 0.15) is 13.8 Å². The van der Waals surface area contributed by atoms with Gasteiger partial charge in [-0.3, -0.25) is 4.79 Å². The molecule has 1 atom stereocenters. The van der Waals surface area contributed by atoms with Gasteiger partial charge >= 0.3 is 10.0 Å². The Bertz CT molecular complexity index is 1070. The first kappa shape index (κ1) is 21.0. The molecule has 0 spiro atoms. The van der Waals surface area contributed by atoms with Crippen LogP contribution in [0.15, 0.2) is 72.5 Å². The number of nitrogens with one attached hydrogen (secondary N) is 1. The van der Waals surface area contributed by atoms with Gasteiger partial charge in [0.2, 0.25) is 5.91 Å². The summed E-state index contributed by atoms with van der Waals surface area (Å²) in [6.07, 6.45) is 5.49. The molecule has 1 heterocycles. The highest BCUT2D eigenvalue weighted by atomic mass is 32.2. The molecule has 0 aliphatic carbocycles. The van der Waals surface area contributed by atoms with Gasteiger partial charge in [0, 0.05) is 36.9 Å². The number of benzene rings is 2. The minimum Gasteiger partial charge on any atom is -0.326 e. The molecule has 0 radical (unpaired) electrons. The number of carbonyl (C=O) groups is 1. The van der Waals surface area contributed by atoms with Crippen molar-refractivity contribution in [1.29, 1.82) is 0 Å². The summed E-state index contributed by atoms with van der Waals surface area (Å²) in [5.41, 5.74) is 9.81. The number of amides is 1. The van der Waals surface area contributed by atoms with Crippen molar-refractivity contribution in [2.45, 2.75) is 13.8 Å². The molecule has 0 saturated carbocycles. The second-order valence-electron chi connectivity index (χ2n) is 6.97. The van der Waals surface area contributed by atoms with Crippen molar-refractivity contribution in [1.82, 2.24) is 3.89 Å². The lowest BCUT2D eigenvalue weighted by Gasteiger charge is -2.34. The first-order valence-corrected chi connectivity index (χ1v) is 11.1. The fraction of sp³-hybridized carbons (Fsp3) is 0.227. The van der Waals surface area contributed by atoms with Gasteiger partial charge in [-0.15, -0.1) is 0 Å². The highest BCUT2D eigenvalue weighted by Gasteiger charge is 2.42. The summed E-state index contributed by atoms with van der Waals surface area (Å²) >= 11 is 0. The molecule has 3 rings (SSSR count). The summed E-state index contributed by atoms with van der Waals surface area (Å²) in [6, 6.07) is 15.0. The van der Waals surface area contributed by atoms with E-state index in [1.54, 1.807) is 13.1 Å². The number of hydrogen-bond donors (Lipinski definition) is 2. The van der Waals surface area contributed by atoms with Crippen LogP contribution >= 0.6 is 0 Å². The number of sulfonamides is 1. The van der Waals surface area contributed by atoms with E-state index in [0.29, 0.717) is 17.9 Å². The molecule has 7 heteroatoms. The van der Waals surface area contributed by atoms with Crippen LogP contribution in [0.4, 0.5) is 11.4 Å². The summed E-state index contributed by atoms with van der Waals surface area (Å²) < 4.78 is 26.0. The summed E-state index contributed by atoms with van der Waals surface area (Å²) in [5.74, 6) is -0.109. The molecule has 29 heavy (non-hydrogen) atoms. The van der Waals surface area contributed by atoms with E-state index in [1.807, 2.05) is 60.7 Å². The molecule has 152 valence electrons. The van der Waals surface area contributed by atoms with Crippen molar-refractivity contribution in [2.75, 3.05) is 24.2 Å². The van der Waals surface area contributed by atoms with Crippen molar-refractivity contribution in [3.63, 3.8) is 0 Å². The zero-order valence-electron chi connectivity index (χ0n) is 16.6. The Morgan fingerprint density at radius 2 is 1.86 bits per heavy atom. The number of anilines is 1. The Hall–Kier alpha value is -2.74. The van der Waals surface area contributed by atoms with Gasteiger partial charge < -0.3 is 11.1 Å². The molecular formula is C22H26N3O3S+. The zero-order chi connectivity index (χ0) is 21.1. The molecule has 6 nitrogen and oxygen atoms in total. The van der Waals surface area contributed by atoms with Gasteiger partial charge in [0.1, 0.15) is 12.7 Å². The van der Waals surface area contributed by atoms with Crippen molar-refractivity contribution >= 4 is 27.3 Å². The smallest absolute Gasteiger partial charge is 0.306 e. The van der Waals surface area contributed by atoms with Crippen molar-refractivity contribution < 1.29 is 13.2 Å². The lowest BCUT2D eigenvalue weighted by Crippen LogP contribution is -2.51. The van der Waals surface area contributed by atoms with E-state index in [-0.39, 0.29) is 22.1 Å². The Morgan fingerprint density at radius 3 is 2.48 bits per heavy atom. The van der Waals surface area contributed by atoms with Crippen molar-refractivity contribution in [2.24, 2.45) is 5.73 Å². The molecule has 2 aromatic rings. The van der Waals surface area contributed by atoms with Gasteiger partial charge in [-0.05, 0) is 36.3 Å². The number of nitrogens with zero attached hydrogens (tertiary/aromatic N) is 1. The van der Waals surface area contributed by atoms with Gasteiger partial charge in [0.05, 0.1) is 5.75 Å². The highest BCUT2D eigenvalue weighted by molar-refractivity contribution is 7.91. The van der Waals surface area contributed by atoms with Crippen molar-refractivity contribution in [3.8, 4) is 11.1 Å². The number of rotatable bonds is 6. The summed E-state index contributed by atoms with van der Waals surface area (Å²) in [6.45, 7) is 3.73. The maximum absolute atomic E-state index is 13.1. The number of carbonyl (C=O) groups excluding carboxylic acids is 1. The van der Waals surface area contributed by atoms with Crippen LogP contribution in [0.5, 0.6) is 0 Å². The van der Waals surface area contributed by atoms with Crippen LogP contribution in [0, 0.1) is 0 Å². The topological polar surface area (TPSA) is 89.3 Å². The first-order valence-electron chi connectivity index (χ1n) is 9.49. The van der Waals surface area contributed by atoms with Gasteiger partial charge in [0.25, 0.3) is 0 Å². The summed E-state index contributed by atoms with van der Waals surface area (Å²) in [5, 5.41) is 2.74. The molecule has 0 bridgehead atoms. The van der Waals surface area contributed by atoms with Gasteiger partial charge in [-0.2, -0.15) is 12.3 Å². The maximum Gasteiger partial charge on any atom is 0.306 e. The van der Waals surface area contributed by atoms with Crippen LogP contribution in [-0.4, -0.2) is 33.2 Å². The Kier molecular flexibility index (Phi) is 6.02. The van der Waals surface area contributed by atoms with Crippen LogP contribution < -0.4 is 14.9 Å². The second kappa shape index (κ2) is 8.32. The van der Waals surface area contributed by atoms with Crippen molar-refractivity contribution in [3.05, 3.63) is 72.5 Å². The predicted molar refractivity (Wildman–Crippen MR) is 119 cm³/mol. The molecule has 3 N–H and O–H groups in total. The third kappa shape index (κ3) is 4.17. The minimum absolute atomic E-state index is 0.0187. The standard InChI is InChI=1S/C22H25N3O3S/c1-3-29(27,28)25(13-5-6-18(15-23)16-25)22-8-4-7-20(14-22)19-9-11-21(12-10-19)24-17(2)26/h4-12,14,16H,3,13,15,23H2,1-2H3/p+1. The zero-order valence-corrected chi connectivity index (χ0v) is 17.4. The fourth-order valence-corrected chi connectivity index (χ4v) is 4.98. The van der Waals surface area contributed by atoms with E-state index >= 15 is 0 Å². The average molecular weight is 413 g/mol. The number of quaternary nitrogens is 1. The molecule has 2 aromatic carbocycles. The van der Waals surface area contributed by atoms with E-state index in [2.05, 4.69) is 5.32 Å². The molecule has 1 unspecified atom stereocenters. The lowest BCUT2D eigenvalue weighted by atomic mass is 10.0. The number of hydrogen-bond acceptors (Lipinski definition) is 4. The average Bonchev–Trinajstić information content (AvgIpc) is 2.73. The quantitative estimate of drug-likeness (QED) is 0.712. The van der Waals surface area contributed by atoms with E-state index in [0.717, 1.165) is 16.7 Å². The monoisotopic (exact) mass is 412 g/mol. The fourth-order valence-electron chi connectivity index (χ4n) is 3.48. The van der Waals surface area contributed by atoms with E-state index in [9.17, 15) is 13.2 Å². The van der Waals surface area contributed by atoms with Gasteiger partial charge in [-0.25, -0.2) is 0 Å². The Labute approximate surface area is 172 Å². The minimum atomic E-state index is -3.49. The molecule has 1 amide bonds. The van der Waals surface area contributed by atoms with Gasteiger partial charge in [0.15, 0.2) is 5.69 Å². The van der Waals surface area contributed by atoms with Crippen LogP contribution in [0.3, 0.4) is 0 Å². The van der Waals surface area contributed by atoms with E-state index in [1.165, 1.54) is 6.92 Å². The molecular weight excluding hydrogens is 386 g/mol. The largest absolute Gasteiger partial charge is 0.326 e. The third-order valence-electron chi connectivity index (χ3n) is 5.00. The Morgan fingerprint density at radius 1 is 1.14 bits per heavy atom. The van der Waals surface area contributed by atoms with Crippen LogP contribution in [-0.2, 0) is 14.8 Å². The molecule has 1 aliphatic heterocycles. The summed E-state index contributed by atoms with van der Waals surface area (Å²) in [4.78, 5) is 11.2. The van der Waals surface area contributed by atoms with E-state index in [4.69, 9.17) is 5.73 Å². The predicted octanol–water partition coefficient (Wildman–Crippen LogP) is 3.38. The van der Waals surface area contributed by atoms with E-state index < -0.39 is 10.0 Å².